The van der Waals surface area contributed by atoms with Gasteiger partial charge in [-0.15, -0.1) is 0 Å². The van der Waals surface area contributed by atoms with Crippen LogP contribution in [0.2, 0.25) is 0 Å². The van der Waals surface area contributed by atoms with Crippen LogP contribution in [-0.2, 0) is 27.1 Å². The van der Waals surface area contributed by atoms with Gasteiger partial charge in [0.15, 0.2) is 0 Å². The highest BCUT2D eigenvalue weighted by Crippen LogP contribution is 2.08. The van der Waals surface area contributed by atoms with Gasteiger partial charge in [0.2, 0.25) is 10.0 Å². The number of hydrogen-bond acceptors (Lipinski definition) is 4. The van der Waals surface area contributed by atoms with Crippen LogP contribution in [0.4, 0.5) is 8.78 Å². The Morgan fingerprint density at radius 3 is 2.65 bits per heavy atom. The molecular formula is C12H18F2N2O3S. The first-order valence-corrected chi connectivity index (χ1v) is 7.69. The Morgan fingerprint density at radius 2 is 2.00 bits per heavy atom. The first kappa shape index (κ1) is 17.0. The normalized spacial score (nSPS) is 12.0. The molecule has 20 heavy (non-hydrogen) atoms. The third kappa shape index (κ3) is 6.90. The third-order valence-electron chi connectivity index (χ3n) is 2.40. The van der Waals surface area contributed by atoms with Crippen molar-refractivity contribution in [2.75, 3.05) is 19.8 Å². The van der Waals surface area contributed by atoms with Gasteiger partial charge in [-0.05, 0) is 11.1 Å². The van der Waals surface area contributed by atoms with Gasteiger partial charge in [-0.2, -0.15) is 0 Å². The summed E-state index contributed by atoms with van der Waals surface area (Å²) in [4.78, 5) is 0. The van der Waals surface area contributed by atoms with E-state index in [-0.39, 0.29) is 18.9 Å². The van der Waals surface area contributed by atoms with Crippen LogP contribution in [-0.4, -0.2) is 34.6 Å². The molecule has 0 saturated carbocycles. The smallest absolute Gasteiger partial charge is 0.261 e. The number of nitrogens with two attached hydrogens (primary N) is 1. The van der Waals surface area contributed by atoms with Crippen molar-refractivity contribution < 1.29 is 21.9 Å². The van der Waals surface area contributed by atoms with Gasteiger partial charge >= 0.3 is 0 Å². The summed E-state index contributed by atoms with van der Waals surface area (Å²) >= 11 is 0. The van der Waals surface area contributed by atoms with Crippen molar-refractivity contribution >= 4 is 10.0 Å². The maximum Gasteiger partial charge on any atom is 0.261 e. The molecule has 0 heterocycles. The van der Waals surface area contributed by atoms with Gasteiger partial charge < -0.3 is 10.5 Å². The number of benzene rings is 1. The van der Waals surface area contributed by atoms with Crippen molar-refractivity contribution in [3.8, 4) is 0 Å². The molecule has 1 aromatic carbocycles. The fraction of sp³-hybridized carbons (Fsp3) is 0.500. The minimum absolute atomic E-state index is 0.0361. The highest BCUT2D eigenvalue weighted by molar-refractivity contribution is 7.88. The lowest BCUT2D eigenvalue weighted by Crippen LogP contribution is -2.29. The monoisotopic (exact) mass is 308 g/mol. The molecular weight excluding hydrogens is 290 g/mol. The van der Waals surface area contributed by atoms with Crippen LogP contribution < -0.4 is 10.5 Å². The summed E-state index contributed by atoms with van der Waals surface area (Å²) in [5.74, 6) is -0.185. The number of halogens is 2. The zero-order valence-corrected chi connectivity index (χ0v) is 11.7. The van der Waals surface area contributed by atoms with Crippen LogP contribution >= 0.6 is 0 Å². The summed E-state index contributed by atoms with van der Waals surface area (Å²) in [5.41, 5.74) is 6.94. The Morgan fingerprint density at radius 1 is 1.30 bits per heavy atom. The number of alkyl halides is 2. The van der Waals surface area contributed by atoms with Crippen LogP contribution in [0.1, 0.15) is 11.1 Å². The molecule has 0 aliphatic carbocycles. The summed E-state index contributed by atoms with van der Waals surface area (Å²) in [5, 5.41) is 0. The van der Waals surface area contributed by atoms with E-state index in [0.717, 1.165) is 5.56 Å². The fourth-order valence-electron chi connectivity index (χ4n) is 1.56. The van der Waals surface area contributed by atoms with Crippen LogP contribution in [0.25, 0.3) is 0 Å². The average molecular weight is 308 g/mol. The molecule has 0 aromatic heterocycles. The Hall–Kier alpha value is -1.09. The van der Waals surface area contributed by atoms with E-state index in [1.165, 1.54) is 0 Å². The van der Waals surface area contributed by atoms with Gasteiger partial charge in [0.1, 0.15) is 6.61 Å². The minimum atomic E-state index is -3.52. The van der Waals surface area contributed by atoms with Crippen molar-refractivity contribution in [2.45, 2.75) is 18.7 Å². The Balaban J connectivity index is 2.41. The van der Waals surface area contributed by atoms with Crippen molar-refractivity contribution in [1.29, 1.82) is 0 Å². The minimum Gasteiger partial charge on any atom is -0.374 e. The molecule has 0 amide bonds. The van der Waals surface area contributed by atoms with Crippen LogP contribution in [0.3, 0.4) is 0 Å². The molecule has 3 N–H and O–H groups in total. The number of nitrogens with one attached hydrogen (secondary N) is 1. The van der Waals surface area contributed by atoms with Crippen LogP contribution in [0.15, 0.2) is 24.3 Å². The lowest BCUT2D eigenvalue weighted by atomic mass is 10.1. The molecule has 0 saturated heterocycles. The first-order valence-electron chi connectivity index (χ1n) is 6.04. The van der Waals surface area contributed by atoms with Crippen LogP contribution in [0.5, 0.6) is 0 Å². The van der Waals surface area contributed by atoms with E-state index in [4.69, 9.17) is 5.73 Å². The molecule has 0 unspecified atom stereocenters. The summed E-state index contributed by atoms with van der Waals surface area (Å²) < 4.78 is 53.9. The SMILES string of the molecule is NCc1cccc(CS(=O)(=O)NCCOCC(F)F)c1. The molecule has 0 radical (unpaired) electrons. The zero-order chi connectivity index (χ0) is 15.0. The van der Waals surface area contributed by atoms with Gasteiger partial charge in [0, 0.05) is 13.1 Å². The lowest BCUT2D eigenvalue weighted by molar-refractivity contribution is 0.0199. The van der Waals surface area contributed by atoms with Crippen molar-refractivity contribution in [2.24, 2.45) is 5.73 Å². The molecule has 0 atom stereocenters. The second-order valence-corrected chi connectivity index (χ2v) is 5.95. The fourth-order valence-corrected chi connectivity index (χ4v) is 2.67. The molecule has 1 rings (SSSR count). The second-order valence-electron chi connectivity index (χ2n) is 4.14. The maximum atomic E-state index is 11.8. The van der Waals surface area contributed by atoms with E-state index < -0.39 is 23.1 Å². The zero-order valence-electron chi connectivity index (χ0n) is 10.9. The predicted molar refractivity (Wildman–Crippen MR) is 71.8 cm³/mol. The van der Waals surface area contributed by atoms with E-state index in [0.29, 0.717) is 12.1 Å². The molecule has 0 aliphatic heterocycles. The standard InChI is InChI=1S/C12H18F2N2O3S/c13-12(14)8-19-5-4-16-20(17,18)9-11-3-1-2-10(6-11)7-15/h1-3,6,12,16H,4-5,7-9,15H2. The van der Waals surface area contributed by atoms with E-state index in [1.807, 2.05) is 6.07 Å². The van der Waals surface area contributed by atoms with E-state index >= 15 is 0 Å². The number of hydrogen-bond donors (Lipinski definition) is 2. The largest absolute Gasteiger partial charge is 0.374 e. The number of sulfonamides is 1. The molecule has 0 spiro atoms. The van der Waals surface area contributed by atoms with Gasteiger partial charge in [0.25, 0.3) is 6.43 Å². The molecule has 5 nitrogen and oxygen atoms in total. The van der Waals surface area contributed by atoms with Crippen molar-refractivity contribution in [3.05, 3.63) is 35.4 Å². The summed E-state index contributed by atoms with van der Waals surface area (Å²) in [6, 6.07) is 6.94. The van der Waals surface area contributed by atoms with Crippen molar-refractivity contribution in [3.63, 3.8) is 0 Å². The highest BCUT2D eigenvalue weighted by atomic mass is 32.2. The van der Waals surface area contributed by atoms with Gasteiger partial charge in [-0.1, -0.05) is 24.3 Å². The third-order valence-corrected chi connectivity index (χ3v) is 3.75. The van der Waals surface area contributed by atoms with Gasteiger partial charge in [0.05, 0.1) is 12.4 Å². The predicted octanol–water partition coefficient (Wildman–Crippen LogP) is 0.846. The maximum absolute atomic E-state index is 11.8. The number of rotatable bonds is 9. The first-order chi connectivity index (χ1) is 9.43. The van der Waals surface area contributed by atoms with E-state index in [1.54, 1.807) is 18.2 Å². The van der Waals surface area contributed by atoms with Crippen molar-refractivity contribution in [1.82, 2.24) is 4.72 Å². The molecule has 1 aromatic rings. The average Bonchev–Trinajstić information content (AvgIpc) is 2.37. The molecule has 0 aliphatic rings. The second kappa shape index (κ2) is 8.25. The van der Waals surface area contributed by atoms with Crippen LogP contribution in [0, 0.1) is 0 Å². The summed E-state index contributed by atoms with van der Waals surface area (Å²) in [6.07, 6.45) is -2.55. The molecule has 8 heteroatoms. The quantitative estimate of drug-likeness (QED) is 0.663. The van der Waals surface area contributed by atoms with E-state index in [9.17, 15) is 17.2 Å². The molecule has 0 bridgehead atoms. The Kier molecular flexibility index (Phi) is 7.00. The molecule has 0 fully saturated rings. The summed E-state index contributed by atoms with van der Waals surface area (Å²) in [6.45, 7) is -0.485. The Labute approximate surface area is 117 Å². The van der Waals surface area contributed by atoms with E-state index in [2.05, 4.69) is 9.46 Å². The molecule has 114 valence electrons. The highest BCUT2D eigenvalue weighted by Gasteiger charge is 2.11. The summed E-state index contributed by atoms with van der Waals surface area (Å²) in [7, 11) is -3.52. The topological polar surface area (TPSA) is 81.4 Å². The Bertz CT molecular complexity index is 509. The number of ether oxygens (including phenoxy) is 1. The van der Waals surface area contributed by atoms with Gasteiger partial charge in [-0.3, -0.25) is 0 Å². The van der Waals surface area contributed by atoms with Gasteiger partial charge in [-0.25, -0.2) is 21.9 Å². The lowest BCUT2D eigenvalue weighted by Gasteiger charge is -2.08.